The van der Waals surface area contributed by atoms with E-state index < -0.39 is 12.2 Å². The van der Waals surface area contributed by atoms with Gasteiger partial charge >= 0.3 is 0 Å². The molecule has 0 radical (unpaired) electrons. The van der Waals surface area contributed by atoms with Crippen molar-refractivity contribution in [3.8, 4) is 5.75 Å². The normalized spacial score (nSPS) is 24.5. The molecule has 0 aliphatic heterocycles. The van der Waals surface area contributed by atoms with Gasteiger partial charge in [-0.25, -0.2) is 0 Å². The van der Waals surface area contributed by atoms with E-state index in [1.807, 2.05) is 6.07 Å². The highest BCUT2D eigenvalue weighted by molar-refractivity contribution is 5.64. The minimum atomic E-state index is -0.856. The van der Waals surface area contributed by atoms with Gasteiger partial charge in [0.25, 0.3) is 0 Å². The molecule has 74 valence electrons. The van der Waals surface area contributed by atoms with E-state index in [0.29, 0.717) is 11.3 Å². The number of methoxy groups -OCH3 is 1. The lowest BCUT2D eigenvalue weighted by Gasteiger charge is -2.22. The maximum absolute atomic E-state index is 9.69. The molecule has 0 aromatic heterocycles. The van der Waals surface area contributed by atoms with E-state index in [2.05, 4.69) is 0 Å². The first-order valence-electron chi connectivity index (χ1n) is 4.45. The van der Waals surface area contributed by atoms with Gasteiger partial charge in [0.15, 0.2) is 0 Å². The molecule has 3 nitrogen and oxygen atoms in total. The molecule has 1 aliphatic rings. The van der Waals surface area contributed by atoms with Crippen molar-refractivity contribution in [3.05, 3.63) is 35.4 Å². The molecule has 0 amide bonds. The van der Waals surface area contributed by atoms with Crippen LogP contribution in [0.15, 0.2) is 24.3 Å². The third-order valence-corrected chi connectivity index (χ3v) is 2.42. The number of rotatable bonds is 1. The van der Waals surface area contributed by atoms with Crippen molar-refractivity contribution >= 4 is 6.08 Å². The lowest BCUT2D eigenvalue weighted by atomic mass is 9.92. The van der Waals surface area contributed by atoms with E-state index in [0.717, 1.165) is 5.56 Å². The lowest BCUT2D eigenvalue weighted by Crippen LogP contribution is -2.19. The molecule has 2 N–H and O–H groups in total. The molecular formula is C11H12O3. The van der Waals surface area contributed by atoms with Crippen LogP contribution in [0.5, 0.6) is 5.75 Å². The van der Waals surface area contributed by atoms with E-state index in [9.17, 15) is 10.2 Å². The summed E-state index contributed by atoms with van der Waals surface area (Å²) in [5, 5.41) is 19.1. The van der Waals surface area contributed by atoms with Crippen molar-refractivity contribution in [1.82, 2.24) is 0 Å². The van der Waals surface area contributed by atoms with Gasteiger partial charge in [0.05, 0.1) is 7.11 Å². The molecule has 0 saturated heterocycles. The molecular weight excluding hydrogens is 180 g/mol. The van der Waals surface area contributed by atoms with Gasteiger partial charge in [-0.15, -0.1) is 0 Å². The summed E-state index contributed by atoms with van der Waals surface area (Å²) >= 11 is 0. The SMILES string of the molecule is COc1cccc2c1C=C[C@H](O)[C@@H]2O. The highest BCUT2D eigenvalue weighted by atomic mass is 16.5. The molecule has 0 spiro atoms. The molecule has 0 saturated carbocycles. The zero-order valence-electron chi connectivity index (χ0n) is 7.84. The molecule has 14 heavy (non-hydrogen) atoms. The first-order chi connectivity index (χ1) is 6.74. The smallest absolute Gasteiger partial charge is 0.126 e. The summed E-state index contributed by atoms with van der Waals surface area (Å²) in [5.41, 5.74) is 1.55. The van der Waals surface area contributed by atoms with Crippen LogP contribution in [0.25, 0.3) is 6.08 Å². The van der Waals surface area contributed by atoms with Crippen molar-refractivity contribution in [2.45, 2.75) is 12.2 Å². The maximum atomic E-state index is 9.69. The maximum Gasteiger partial charge on any atom is 0.126 e. The number of aliphatic hydroxyl groups excluding tert-OH is 2. The highest BCUT2D eigenvalue weighted by Gasteiger charge is 2.23. The quantitative estimate of drug-likeness (QED) is 0.701. The van der Waals surface area contributed by atoms with Gasteiger partial charge in [0.2, 0.25) is 0 Å². The zero-order chi connectivity index (χ0) is 10.1. The van der Waals surface area contributed by atoms with E-state index >= 15 is 0 Å². The average Bonchev–Trinajstić information content (AvgIpc) is 2.23. The Hall–Kier alpha value is -1.32. The topological polar surface area (TPSA) is 49.7 Å². The fraction of sp³-hybridized carbons (Fsp3) is 0.273. The van der Waals surface area contributed by atoms with Crippen LogP contribution >= 0.6 is 0 Å². The van der Waals surface area contributed by atoms with E-state index in [1.54, 1.807) is 31.4 Å². The average molecular weight is 192 g/mol. The van der Waals surface area contributed by atoms with Crippen molar-refractivity contribution in [2.75, 3.05) is 7.11 Å². The monoisotopic (exact) mass is 192 g/mol. The first-order valence-corrected chi connectivity index (χ1v) is 4.45. The van der Waals surface area contributed by atoms with Crippen molar-refractivity contribution in [2.24, 2.45) is 0 Å². The molecule has 0 bridgehead atoms. The Balaban J connectivity index is 2.55. The van der Waals surface area contributed by atoms with Crippen LogP contribution in [0.1, 0.15) is 17.2 Å². The van der Waals surface area contributed by atoms with Crippen molar-refractivity contribution in [1.29, 1.82) is 0 Å². The molecule has 0 heterocycles. The van der Waals surface area contributed by atoms with Crippen molar-refractivity contribution in [3.63, 3.8) is 0 Å². The van der Waals surface area contributed by atoms with Gasteiger partial charge in [-0.1, -0.05) is 24.3 Å². The van der Waals surface area contributed by atoms with Crippen LogP contribution in [-0.2, 0) is 0 Å². The second-order valence-electron chi connectivity index (χ2n) is 3.26. The molecule has 2 rings (SSSR count). The Morgan fingerprint density at radius 2 is 2.07 bits per heavy atom. The second kappa shape index (κ2) is 3.44. The number of fused-ring (bicyclic) bond motifs is 1. The summed E-state index contributed by atoms with van der Waals surface area (Å²) in [6.07, 6.45) is 1.65. The number of aliphatic hydroxyl groups is 2. The lowest BCUT2D eigenvalue weighted by molar-refractivity contribution is 0.0468. The summed E-state index contributed by atoms with van der Waals surface area (Å²) in [6.45, 7) is 0. The number of benzene rings is 1. The predicted octanol–water partition coefficient (Wildman–Crippen LogP) is 1.12. The fourth-order valence-electron chi connectivity index (χ4n) is 1.66. The number of ether oxygens (including phenoxy) is 1. The van der Waals surface area contributed by atoms with E-state index in [-0.39, 0.29) is 0 Å². The van der Waals surface area contributed by atoms with Gasteiger partial charge in [0.1, 0.15) is 18.0 Å². The third kappa shape index (κ3) is 1.31. The first kappa shape index (κ1) is 9.24. The van der Waals surface area contributed by atoms with Crippen molar-refractivity contribution < 1.29 is 14.9 Å². The Kier molecular flexibility index (Phi) is 2.27. The molecule has 0 unspecified atom stereocenters. The van der Waals surface area contributed by atoms with Gasteiger partial charge in [0, 0.05) is 5.56 Å². The van der Waals surface area contributed by atoms with Crippen LogP contribution in [0, 0.1) is 0 Å². The van der Waals surface area contributed by atoms with Crippen LogP contribution in [0.2, 0.25) is 0 Å². The molecule has 0 fully saturated rings. The Bertz CT molecular complexity index is 371. The van der Waals surface area contributed by atoms with E-state index in [4.69, 9.17) is 4.74 Å². The fourth-order valence-corrected chi connectivity index (χ4v) is 1.66. The molecule has 1 aliphatic carbocycles. The zero-order valence-corrected chi connectivity index (χ0v) is 7.84. The van der Waals surface area contributed by atoms with Crippen LogP contribution in [-0.4, -0.2) is 23.4 Å². The molecule has 2 atom stereocenters. The summed E-state index contributed by atoms with van der Waals surface area (Å²) in [4.78, 5) is 0. The molecule has 1 aromatic carbocycles. The largest absolute Gasteiger partial charge is 0.496 e. The summed E-state index contributed by atoms with van der Waals surface area (Å²) in [6, 6.07) is 5.41. The number of hydrogen-bond donors (Lipinski definition) is 2. The molecule has 1 aromatic rings. The Morgan fingerprint density at radius 3 is 2.79 bits per heavy atom. The second-order valence-corrected chi connectivity index (χ2v) is 3.26. The molecule has 3 heteroatoms. The summed E-state index contributed by atoms with van der Waals surface area (Å²) in [7, 11) is 1.58. The van der Waals surface area contributed by atoms with Gasteiger partial charge < -0.3 is 14.9 Å². The van der Waals surface area contributed by atoms with Crippen LogP contribution in [0.3, 0.4) is 0 Å². The minimum absolute atomic E-state index is 0.708. The van der Waals surface area contributed by atoms with E-state index in [1.165, 1.54) is 0 Å². The number of hydrogen-bond acceptors (Lipinski definition) is 3. The van der Waals surface area contributed by atoms with Crippen LogP contribution in [0.4, 0.5) is 0 Å². The standard InChI is InChI=1S/C11H12O3/c1-14-10-4-2-3-8-7(10)5-6-9(12)11(8)13/h2-6,9,11-13H,1H3/t9-,11+/m0/s1. The Labute approximate surface area is 82.3 Å². The summed E-state index contributed by atoms with van der Waals surface area (Å²) in [5.74, 6) is 0.713. The third-order valence-electron chi connectivity index (χ3n) is 2.42. The summed E-state index contributed by atoms with van der Waals surface area (Å²) < 4.78 is 5.15. The Morgan fingerprint density at radius 1 is 1.29 bits per heavy atom. The van der Waals surface area contributed by atoms with Gasteiger partial charge in [-0.05, 0) is 11.6 Å². The van der Waals surface area contributed by atoms with Crippen LogP contribution < -0.4 is 4.74 Å². The van der Waals surface area contributed by atoms with Gasteiger partial charge in [-0.3, -0.25) is 0 Å². The van der Waals surface area contributed by atoms with Gasteiger partial charge in [-0.2, -0.15) is 0 Å². The minimum Gasteiger partial charge on any atom is -0.496 e. The predicted molar refractivity (Wildman–Crippen MR) is 53.0 cm³/mol. The highest BCUT2D eigenvalue weighted by Crippen LogP contribution is 2.33.